The summed E-state index contributed by atoms with van der Waals surface area (Å²) in [5, 5.41) is 2.24. The molecule has 0 fully saturated rings. The lowest BCUT2D eigenvalue weighted by Crippen LogP contribution is -2.31. The third-order valence-corrected chi connectivity index (χ3v) is 15.0. The molecule has 0 atom stereocenters. The monoisotopic (exact) mass is 962 g/mol. The van der Waals surface area contributed by atoms with Crippen molar-refractivity contribution in [3.63, 3.8) is 0 Å². The summed E-state index contributed by atoms with van der Waals surface area (Å²) in [6.45, 7) is 6.52. The molecule has 71 heavy (non-hydrogen) atoms. The van der Waals surface area contributed by atoms with E-state index in [1.807, 2.05) is 95.7 Å². The van der Waals surface area contributed by atoms with Gasteiger partial charge in [-0.05, 0) is 106 Å². The van der Waals surface area contributed by atoms with Crippen LogP contribution in [-0.4, -0.2) is 14.1 Å². The predicted octanol–water partition coefficient (Wildman–Crippen LogP) is 17.4. The van der Waals surface area contributed by atoms with Gasteiger partial charge < -0.3 is 4.74 Å². The molecule has 7 heteroatoms. The second-order valence-electron chi connectivity index (χ2n) is 18.3. The molecule has 0 unspecified atom stereocenters. The summed E-state index contributed by atoms with van der Waals surface area (Å²) in [6.07, 6.45) is 5.38. The Kier molecular flexibility index (Phi) is 6.72. The van der Waals surface area contributed by atoms with E-state index in [4.69, 9.17) is 20.7 Å². The fourth-order valence-electron chi connectivity index (χ4n) is 9.56. The lowest BCUT2D eigenvalue weighted by Gasteiger charge is -2.20. The quantitative estimate of drug-likeness (QED) is 0.118. The predicted molar refractivity (Wildman–Crippen MR) is 298 cm³/mol. The molecule has 0 aliphatic heterocycles. The molecular formula is C64H44N4OS2. The second-order valence-corrected chi connectivity index (χ2v) is 20.3. The van der Waals surface area contributed by atoms with Gasteiger partial charge in [0.25, 0.3) is 6.33 Å². The molecule has 0 spiro atoms. The van der Waals surface area contributed by atoms with Crippen molar-refractivity contribution in [2.24, 2.45) is 0 Å². The van der Waals surface area contributed by atoms with Crippen molar-refractivity contribution in [1.29, 1.82) is 0 Å². The van der Waals surface area contributed by atoms with Crippen LogP contribution in [0.4, 0.5) is 0 Å². The minimum Gasteiger partial charge on any atom is -0.458 e. The maximum absolute atomic E-state index is 9.95. The molecule has 338 valence electrons. The molecule has 0 amide bonds. The highest BCUT2D eigenvalue weighted by Gasteiger charge is 2.22. The number of pyridine rings is 1. The first-order valence-corrected chi connectivity index (χ1v) is 24.5. The Labute approximate surface area is 438 Å². The summed E-state index contributed by atoms with van der Waals surface area (Å²) >= 11 is 1.86. The standard InChI is InChI=1S/C64H44N4OS2/c1-64(2,3)42-32-33-65-62(36-42)68-54-21-7-4-16-48(54)49-31-28-45(38-57(49)68)69-44-15-12-14-43(37-44)66-39-67(56-23-9-8-22-55(56)66)63-46(40-26-29-52-50-17-5-10-24-58(50)70-60(52)34-40)19-13-20-47(63)41-27-30-53-51-18-6-11-25-59(51)71-61(53)35-41/h4-38H,1-3H3/i5D,6D,10D,11D,17D,18D,24D,25D,26D,27D,29D,30D,34D,35D. The maximum atomic E-state index is 9.95. The summed E-state index contributed by atoms with van der Waals surface area (Å²) < 4.78 is 141. The number of ether oxygens (including phenoxy) is 1. The fraction of sp³-hybridized carbons (Fsp3) is 0.0625. The number of para-hydroxylation sites is 4. The smallest absolute Gasteiger partial charge is 0.269 e. The zero-order chi connectivity index (χ0) is 59.6. The van der Waals surface area contributed by atoms with E-state index in [-0.39, 0.29) is 122 Å². The van der Waals surface area contributed by atoms with Gasteiger partial charge in [-0.25, -0.2) is 4.98 Å². The normalized spacial score (nSPS) is 14.9. The van der Waals surface area contributed by atoms with E-state index >= 15 is 0 Å². The van der Waals surface area contributed by atoms with Gasteiger partial charge in [-0.3, -0.25) is 13.7 Å². The lowest BCUT2D eigenvalue weighted by atomic mass is 9.88. The zero-order valence-electron chi connectivity index (χ0n) is 52.1. The Balaban J connectivity index is 0.989. The topological polar surface area (TPSA) is 35.9 Å². The maximum Gasteiger partial charge on any atom is 0.269 e. The first-order chi connectivity index (χ1) is 40.7. The fourth-order valence-corrected chi connectivity index (χ4v) is 11.5. The van der Waals surface area contributed by atoms with Gasteiger partial charge in [-0.15, -0.1) is 22.7 Å². The molecule has 5 heterocycles. The molecule has 9 aromatic carbocycles. The van der Waals surface area contributed by atoms with Crippen LogP contribution in [0.3, 0.4) is 0 Å². The molecule has 5 nitrogen and oxygen atoms in total. The van der Waals surface area contributed by atoms with Crippen molar-refractivity contribution in [3.8, 4) is 50.9 Å². The van der Waals surface area contributed by atoms with Crippen molar-refractivity contribution in [1.82, 2.24) is 14.1 Å². The number of benzene rings is 9. The van der Waals surface area contributed by atoms with Gasteiger partial charge in [0, 0.05) is 63.4 Å². The molecule has 0 saturated heterocycles. The number of aromatic nitrogens is 4. The van der Waals surface area contributed by atoms with Gasteiger partial charge in [-0.2, -0.15) is 0 Å². The molecule has 5 aromatic heterocycles. The highest BCUT2D eigenvalue weighted by molar-refractivity contribution is 7.26. The van der Waals surface area contributed by atoms with Gasteiger partial charge in [0.15, 0.2) is 0 Å². The van der Waals surface area contributed by atoms with Crippen LogP contribution in [0.5, 0.6) is 11.5 Å². The van der Waals surface area contributed by atoms with Gasteiger partial charge in [0.1, 0.15) is 17.3 Å². The van der Waals surface area contributed by atoms with Gasteiger partial charge in [-0.1, -0.05) is 148 Å². The van der Waals surface area contributed by atoms with Crippen LogP contribution >= 0.6 is 22.7 Å². The van der Waals surface area contributed by atoms with Crippen LogP contribution in [0.1, 0.15) is 45.5 Å². The van der Waals surface area contributed by atoms with E-state index in [0.29, 0.717) is 28.2 Å². The van der Waals surface area contributed by atoms with Crippen LogP contribution in [0.2, 0.25) is 0 Å². The minimum atomic E-state index is -0.508. The number of hydrogen-bond donors (Lipinski definition) is 0. The summed E-state index contributed by atoms with van der Waals surface area (Å²) in [6, 6.07) is 32.7. The average molecular weight is 963 g/mol. The van der Waals surface area contributed by atoms with Gasteiger partial charge in [0.2, 0.25) is 0 Å². The van der Waals surface area contributed by atoms with Gasteiger partial charge >= 0.3 is 0 Å². The van der Waals surface area contributed by atoms with Crippen LogP contribution in [0.15, 0.2) is 212 Å². The van der Waals surface area contributed by atoms with Crippen molar-refractivity contribution in [2.45, 2.75) is 26.2 Å². The van der Waals surface area contributed by atoms with E-state index < -0.39 is 36.3 Å². The number of hydrogen-bond acceptors (Lipinski definition) is 4. The Morgan fingerprint density at radius 1 is 0.549 bits per heavy atom. The first-order valence-electron chi connectivity index (χ1n) is 29.9. The Morgan fingerprint density at radius 3 is 1.89 bits per heavy atom. The lowest BCUT2D eigenvalue weighted by molar-refractivity contribution is -0.571. The molecule has 0 aliphatic rings. The van der Waals surface area contributed by atoms with Crippen molar-refractivity contribution in [2.75, 3.05) is 0 Å². The third kappa shape index (κ3) is 6.87. The molecule has 0 bridgehead atoms. The number of imidazole rings is 1. The molecular weight excluding hydrogens is 905 g/mol. The molecule has 14 rings (SSSR count). The number of rotatable bonds is 7. The van der Waals surface area contributed by atoms with Crippen LogP contribution in [-0.2, 0) is 5.41 Å². The average Bonchev–Trinajstić information content (AvgIpc) is 1.99. The Morgan fingerprint density at radius 2 is 1.17 bits per heavy atom. The highest BCUT2D eigenvalue weighted by atomic mass is 32.1. The molecule has 14 aromatic rings. The molecule has 0 radical (unpaired) electrons. The van der Waals surface area contributed by atoms with E-state index in [9.17, 15) is 8.22 Å². The summed E-state index contributed by atoms with van der Waals surface area (Å²) in [5.74, 6) is 1.83. The molecule has 0 saturated carbocycles. The van der Waals surface area contributed by atoms with Crippen molar-refractivity contribution in [3.05, 3.63) is 224 Å². The van der Waals surface area contributed by atoms with E-state index in [1.165, 1.54) is 0 Å². The summed E-state index contributed by atoms with van der Waals surface area (Å²) in [5.41, 5.74) is 5.18. The molecule has 0 N–H and O–H groups in total. The molecule has 0 aliphatic carbocycles. The van der Waals surface area contributed by atoms with Crippen molar-refractivity contribution >= 4 is 95.9 Å². The number of thiophene rings is 2. The third-order valence-electron chi connectivity index (χ3n) is 12.9. The highest BCUT2D eigenvalue weighted by Crippen LogP contribution is 2.42. The zero-order valence-corrected chi connectivity index (χ0v) is 39.8. The van der Waals surface area contributed by atoms with Crippen LogP contribution in [0.25, 0.3) is 113 Å². The Hall–Kier alpha value is -8.36. The minimum absolute atomic E-state index is 0.0386. The van der Waals surface area contributed by atoms with E-state index in [0.717, 1.165) is 55.9 Å². The van der Waals surface area contributed by atoms with E-state index in [1.54, 1.807) is 22.8 Å². The first kappa shape index (κ1) is 29.6. The summed E-state index contributed by atoms with van der Waals surface area (Å²) in [4.78, 5) is 4.85. The number of nitrogens with zero attached hydrogens (tertiary/aromatic N) is 4. The SMILES string of the molecule is [2H]c1c([2H])c([2H])c2c(sc3c([2H])c(-c4cccc(-c5c([2H])c([2H])c6c(sc7c([2H])c([2H])c([2H])c([2H])c76)c5[2H])c4-[n+]4[c-]n(-c5cccc(Oc6ccc7c8ccccc8n(-c8cc(C(C)(C)C)ccn8)c7c6)c5)c5ccccc54)c([2H])c([2H])c32)c1[2H]. The van der Waals surface area contributed by atoms with Crippen LogP contribution in [0, 0.1) is 6.33 Å². The Bertz CT molecular complexity index is 5120. The second kappa shape index (κ2) is 16.1. The van der Waals surface area contributed by atoms with Gasteiger partial charge in [0.05, 0.1) is 52.6 Å². The van der Waals surface area contributed by atoms with Crippen LogP contribution < -0.4 is 9.30 Å². The summed E-state index contributed by atoms with van der Waals surface area (Å²) in [7, 11) is 0. The van der Waals surface area contributed by atoms with Crippen molar-refractivity contribution < 1.29 is 28.5 Å². The number of fused-ring (bicyclic) bond motifs is 10. The van der Waals surface area contributed by atoms with E-state index in [2.05, 4.69) is 49.9 Å². The largest absolute Gasteiger partial charge is 0.458 e.